The van der Waals surface area contributed by atoms with Crippen molar-refractivity contribution in [2.45, 2.75) is 33.4 Å². The minimum atomic E-state index is 0.828. The normalized spacial score (nSPS) is 10.8. The molecule has 0 amide bonds. The number of aryl methyl sites for hydroxylation is 1. The molecule has 2 rings (SSSR count). The second-order valence-corrected chi connectivity index (χ2v) is 5.04. The van der Waals surface area contributed by atoms with E-state index in [1.54, 1.807) is 6.26 Å². The first-order chi connectivity index (χ1) is 9.72. The van der Waals surface area contributed by atoms with Crippen LogP contribution in [0.4, 0.5) is 5.69 Å². The van der Waals surface area contributed by atoms with E-state index < -0.39 is 0 Å². The average molecular weight is 273 g/mol. The van der Waals surface area contributed by atoms with Gasteiger partial charge >= 0.3 is 0 Å². The first-order valence-corrected chi connectivity index (χ1v) is 7.10. The highest BCUT2D eigenvalue weighted by atomic mass is 16.3. The molecule has 4 nitrogen and oxygen atoms in total. The monoisotopic (exact) mass is 273 g/mol. The minimum absolute atomic E-state index is 0.828. The Morgan fingerprint density at radius 2 is 2.15 bits per heavy atom. The molecule has 2 aromatic heterocycles. The summed E-state index contributed by atoms with van der Waals surface area (Å²) in [6.45, 7) is 6.91. The van der Waals surface area contributed by atoms with Crippen LogP contribution in [-0.4, -0.2) is 18.6 Å². The van der Waals surface area contributed by atoms with Gasteiger partial charge in [-0.1, -0.05) is 6.92 Å². The zero-order chi connectivity index (χ0) is 14.4. The Hall–Kier alpha value is -1.81. The van der Waals surface area contributed by atoms with Gasteiger partial charge in [-0.25, -0.2) is 0 Å². The molecule has 0 aliphatic rings. The molecule has 0 aliphatic carbocycles. The number of nitrogens with zero attached hydrogens (tertiary/aromatic N) is 2. The molecule has 0 atom stereocenters. The highest BCUT2D eigenvalue weighted by Gasteiger charge is 2.10. The lowest BCUT2D eigenvalue weighted by molar-refractivity contribution is 0.529. The molecule has 0 radical (unpaired) electrons. The van der Waals surface area contributed by atoms with Crippen molar-refractivity contribution in [2.24, 2.45) is 0 Å². The molecule has 4 heteroatoms. The lowest BCUT2D eigenvalue weighted by atomic mass is 10.2. The lowest BCUT2D eigenvalue weighted by Crippen LogP contribution is -2.21. The van der Waals surface area contributed by atoms with Crippen LogP contribution in [0.3, 0.4) is 0 Å². The van der Waals surface area contributed by atoms with Gasteiger partial charge in [-0.15, -0.1) is 0 Å². The van der Waals surface area contributed by atoms with E-state index in [9.17, 15) is 0 Å². The highest BCUT2D eigenvalue weighted by molar-refractivity contribution is 5.51. The number of hydrogen-bond donors (Lipinski definition) is 1. The van der Waals surface area contributed by atoms with Gasteiger partial charge in [-0.05, 0) is 37.6 Å². The Kier molecular flexibility index (Phi) is 5.18. The maximum atomic E-state index is 5.36. The van der Waals surface area contributed by atoms with E-state index in [1.807, 2.05) is 25.4 Å². The third kappa shape index (κ3) is 3.61. The molecule has 20 heavy (non-hydrogen) atoms. The predicted molar refractivity (Wildman–Crippen MR) is 81.8 cm³/mol. The second-order valence-electron chi connectivity index (χ2n) is 5.04. The predicted octanol–water partition coefficient (Wildman–Crippen LogP) is 3.12. The maximum absolute atomic E-state index is 5.36. The van der Waals surface area contributed by atoms with Gasteiger partial charge in [0.1, 0.15) is 5.76 Å². The number of furan rings is 1. The van der Waals surface area contributed by atoms with Gasteiger partial charge in [0.15, 0.2) is 0 Å². The number of pyridine rings is 1. The molecular formula is C16H23N3O. The Morgan fingerprint density at radius 3 is 2.85 bits per heavy atom. The van der Waals surface area contributed by atoms with Crippen molar-refractivity contribution < 1.29 is 4.42 Å². The summed E-state index contributed by atoms with van der Waals surface area (Å²) in [7, 11) is 2.09. The average Bonchev–Trinajstić information content (AvgIpc) is 2.85. The van der Waals surface area contributed by atoms with E-state index in [2.05, 4.69) is 35.2 Å². The number of anilines is 1. The van der Waals surface area contributed by atoms with Gasteiger partial charge in [0, 0.05) is 31.9 Å². The molecule has 1 N–H and O–H groups in total. The lowest BCUT2D eigenvalue weighted by Gasteiger charge is -2.22. The van der Waals surface area contributed by atoms with Crippen LogP contribution in [-0.2, 0) is 13.1 Å². The van der Waals surface area contributed by atoms with Crippen molar-refractivity contribution in [3.63, 3.8) is 0 Å². The SMILES string of the molecule is CCCNCc1ccncc1N(C)Cc1ccoc1C. The summed E-state index contributed by atoms with van der Waals surface area (Å²) in [6, 6.07) is 4.11. The van der Waals surface area contributed by atoms with Gasteiger partial charge in [0.05, 0.1) is 18.1 Å². The smallest absolute Gasteiger partial charge is 0.105 e. The molecule has 108 valence electrons. The van der Waals surface area contributed by atoms with Crippen molar-refractivity contribution in [2.75, 3.05) is 18.5 Å². The molecule has 0 bridgehead atoms. The van der Waals surface area contributed by atoms with Crippen molar-refractivity contribution in [3.8, 4) is 0 Å². The summed E-state index contributed by atoms with van der Waals surface area (Å²) in [4.78, 5) is 6.47. The topological polar surface area (TPSA) is 41.3 Å². The number of hydrogen-bond acceptors (Lipinski definition) is 4. The molecule has 0 aromatic carbocycles. The summed E-state index contributed by atoms with van der Waals surface area (Å²) in [5, 5.41) is 3.44. The van der Waals surface area contributed by atoms with Crippen molar-refractivity contribution in [3.05, 3.63) is 47.7 Å². The minimum Gasteiger partial charge on any atom is -0.469 e. The molecule has 2 aromatic rings. The number of nitrogens with one attached hydrogen (secondary N) is 1. The maximum Gasteiger partial charge on any atom is 0.105 e. The van der Waals surface area contributed by atoms with Gasteiger partial charge < -0.3 is 14.6 Å². The Bertz CT molecular complexity index is 536. The summed E-state index contributed by atoms with van der Waals surface area (Å²) >= 11 is 0. The summed E-state index contributed by atoms with van der Waals surface area (Å²) in [6.07, 6.45) is 6.66. The zero-order valence-electron chi connectivity index (χ0n) is 12.5. The summed E-state index contributed by atoms with van der Waals surface area (Å²) < 4.78 is 5.36. The van der Waals surface area contributed by atoms with Crippen molar-refractivity contribution in [1.82, 2.24) is 10.3 Å². The third-order valence-electron chi connectivity index (χ3n) is 3.41. The number of aromatic nitrogens is 1. The van der Waals surface area contributed by atoms with E-state index >= 15 is 0 Å². The quantitative estimate of drug-likeness (QED) is 0.787. The first kappa shape index (κ1) is 14.6. The fraction of sp³-hybridized carbons (Fsp3) is 0.438. The van der Waals surface area contributed by atoms with E-state index in [4.69, 9.17) is 4.42 Å². The van der Waals surface area contributed by atoms with E-state index in [0.717, 1.165) is 37.5 Å². The molecule has 0 aliphatic heterocycles. The molecule has 0 saturated carbocycles. The van der Waals surface area contributed by atoms with E-state index in [1.165, 1.54) is 11.1 Å². The fourth-order valence-electron chi connectivity index (χ4n) is 2.22. The van der Waals surface area contributed by atoms with Crippen LogP contribution in [0.1, 0.15) is 30.2 Å². The van der Waals surface area contributed by atoms with Crippen LogP contribution in [0, 0.1) is 6.92 Å². The van der Waals surface area contributed by atoms with Gasteiger partial charge in [0.25, 0.3) is 0 Å². The van der Waals surface area contributed by atoms with E-state index in [0.29, 0.717) is 0 Å². The Morgan fingerprint density at radius 1 is 1.30 bits per heavy atom. The second kappa shape index (κ2) is 7.10. The summed E-state index contributed by atoms with van der Waals surface area (Å²) in [5.74, 6) is 0.978. The van der Waals surface area contributed by atoms with Crippen LogP contribution < -0.4 is 10.2 Å². The largest absolute Gasteiger partial charge is 0.469 e. The summed E-state index contributed by atoms with van der Waals surface area (Å²) in [5.41, 5.74) is 3.65. The van der Waals surface area contributed by atoms with Crippen LogP contribution >= 0.6 is 0 Å². The van der Waals surface area contributed by atoms with Gasteiger partial charge in [0.2, 0.25) is 0 Å². The van der Waals surface area contributed by atoms with Crippen LogP contribution in [0.25, 0.3) is 0 Å². The third-order valence-corrected chi connectivity index (χ3v) is 3.41. The Balaban J connectivity index is 2.08. The standard InChI is InChI=1S/C16H23N3O/c1-4-7-17-10-14-5-8-18-11-16(14)19(3)12-15-6-9-20-13(15)2/h5-6,8-9,11,17H,4,7,10,12H2,1-3H3. The van der Waals surface area contributed by atoms with Gasteiger partial charge in [-0.3, -0.25) is 4.98 Å². The van der Waals surface area contributed by atoms with Crippen LogP contribution in [0.2, 0.25) is 0 Å². The molecular weight excluding hydrogens is 250 g/mol. The molecule has 2 heterocycles. The number of rotatable bonds is 7. The molecule has 0 saturated heterocycles. The van der Waals surface area contributed by atoms with Crippen LogP contribution in [0.15, 0.2) is 35.2 Å². The molecule has 0 unspecified atom stereocenters. The molecule has 0 spiro atoms. The highest BCUT2D eigenvalue weighted by Crippen LogP contribution is 2.21. The molecule has 0 fully saturated rings. The first-order valence-electron chi connectivity index (χ1n) is 7.10. The van der Waals surface area contributed by atoms with Crippen LogP contribution in [0.5, 0.6) is 0 Å². The zero-order valence-corrected chi connectivity index (χ0v) is 12.5. The van der Waals surface area contributed by atoms with Gasteiger partial charge in [-0.2, -0.15) is 0 Å². The van der Waals surface area contributed by atoms with Crippen molar-refractivity contribution >= 4 is 5.69 Å². The van der Waals surface area contributed by atoms with Crippen molar-refractivity contribution in [1.29, 1.82) is 0 Å². The van der Waals surface area contributed by atoms with E-state index in [-0.39, 0.29) is 0 Å². The fourth-order valence-corrected chi connectivity index (χ4v) is 2.22. The Labute approximate surface area is 120 Å².